The molecule has 2 aromatic rings. The average Bonchev–Trinajstić information content (AvgIpc) is 3.31. The zero-order valence-electron chi connectivity index (χ0n) is 16.1. The first-order valence-corrected chi connectivity index (χ1v) is 10.2. The largest absolute Gasteiger partial charge is 0.376 e. The first-order valence-electron chi connectivity index (χ1n) is 9.41. The van der Waals surface area contributed by atoms with Crippen LogP contribution in [-0.2, 0) is 11.2 Å². The van der Waals surface area contributed by atoms with Gasteiger partial charge in [0.25, 0.3) is 0 Å². The summed E-state index contributed by atoms with van der Waals surface area (Å²) in [5.41, 5.74) is 1.24. The summed E-state index contributed by atoms with van der Waals surface area (Å²) in [5.74, 6) is 0. The summed E-state index contributed by atoms with van der Waals surface area (Å²) in [6.45, 7) is 2.91. The molecule has 1 aromatic heterocycles. The Morgan fingerprint density at radius 2 is 2.11 bits per heavy atom. The van der Waals surface area contributed by atoms with E-state index in [-0.39, 0.29) is 12.1 Å². The van der Waals surface area contributed by atoms with Gasteiger partial charge in [-0.2, -0.15) is 0 Å². The molecule has 0 radical (unpaired) electrons. The standard InChI is InChI=1S/C20H28N4O2S/c1-23(2)10-11-24(15-17-9-6-12-26-17)20(25)22-19-21-14-18(27-19)13-16-7-4-3-5-8-16/h3-5,7-8,14,17H,6,9-13,15H2,1-2H3,(H,21,22,25). The Bertz CT molecular complexity index is 714. The molecule has 2 amide bonds. The van der Waals surface area contributed by atoms with Crippen LogP contribution >= 0.6 is 11.3 Å². The van der Waals surface area contributed by atoms with Gasteiger partial charge in [-0.05, 0) is 32.5 Å². The van der Waals surface area contributed by atoms with Crippen LogP contribution in [-0.4, -0.2) is 67.3 Å². The van der Waals surface area contributed by atoms with Gasteiger partial charge in [0.1, 0.15) is 0 Å². The van der Waals surface area contributed by atoms with E-state index in [1.165, 1.54) is 16.9 Å². The number of thiazole rings is 1. The number of nitrogens with one attached hydrogen (secondary N) is 1. The maximum Gasteiger partial charge on any atom is 0.323 e. The smallest absolute Gasteiger partial charge is 0.323 e. The van der Waals surface area contributed by atoms with Crippen LogP contribution in [0.1, 0.15) is 23.3 Å². The van der Waals surface area contributed by atoms with E-state index in [2.05, 4.69) is 27.3 Å². The van der Waals surface area contributed by atoms with E-state index in [1.807, 2.05) is 43.4 Å². The van der Waals surface area contributed by atoms with Gasteiger partial charge in [-0.1, -0.05) is 30.3 Å². The second-order valence-corrected chi connectivity index (χ2v) is 8.22. The van der Waals surface area contributed by atoms with Crippen LogP contribution in [0.3, 0.4) is 0 Å². The summed E-state index contributed by atoms with van der Waals surface area (Å²) >= 11 is 1.53. The van der Waals surface area contributed by atoms with Crippen LogP contribution in [0.15, 0.2) is 36.5 Å². The predicted octanol–water partition coefficient (Wildman–Crippen LogP) is 3.31. The molecule has 0 aliphatic carbocycles. The molecule has 1 aromatic carbocycles. The highest BCUT2D eigenvalue weighted by Gasteiger charge is 2.23. The number of carbonyl (C=O) groups is 1. The Morgan fingerprint density at radius 3 is 2.81 bits per heavy atom. The molecule has 1 atom stereocenters. The van der Waals surface area contributed by atoms with Gasteiger partial charge in [-0.15, -0.1) is 11.3 Å². The van der Waals surface area contributed by atoms with E-state index in [4.69, 9.17) is 4.74 Å². The second-order valence-electron chi connectivity index (χ2n) is 7.11. The molecule has 0 spiro atoms. The highest BCUT2D eigenvalue weighted by Crippen LogP contribution is 2.22. The number of likely N-dealkylation sites (N-methyl/N-ethyl adjacent to an activating group) is 1. The maximum atomic E-state index is 12.8. The average molecular weight is 389 g/mol. The molecule has 146 valence electrons. The van der Waals surface area contributed by atoms with Crippen LogP contribution in [0.4, 0.5) is 9.93 Å². The zero-order chi connectivity index (χ0) is 19.1. The van der Waals surface area contributed by atoms with Crippen molar-refractivity contribution in [3.8, 4) is 0 Å². The number of hydrogen-bond acceptors (Lipinski definition) is 5. The van der Waals surface area contributed by atoms with Gasteiger partial charge in [0.05, 0.1) is 6.10 Å². The number of benzene rings is 1. The molecule has 1 N–H and O–H groups in total. The lowest BCUT2D eigenvalue weighted by Gasteiger charge is -2.26. The molecule has 1 aliphatic heterocycles. The number of nitrogens with zero attached hydrogens (tertiary/aromatic N) is 3. The quantitative estimate of drug-likeness (QED) is 0.754. The summed E-state index contributed by atoms with van der Waals surface area (Å²) in [4.78, 5) is 22.2. The number of urea groups is 1. The topological polar surface area (TPSA) is 57.7 Å². The fourth-order valence-corrected chi connectivity index (χ4v) is 3.88. The number of hydrogen-bond donors (Lipinski definition) is 1. The monoisotopic (exact) mass is 388 g/mol. The van der Waals surface area contributed by atoms with Crippen LogP contribution < -0.4 is 5.32 Å². The third kappa shape index (κ3) is 6.30. The van der Waals surface area contributed by atoms with Crippen molar-refractivity contribution in [2.45, 2.75) is 25.4 Å². The molecule has 3 rings (SSSR count). The Balaban J connectivity index is 1.58. The van der Waals surface area contributed by atoms with E-state index in [0.29, 0.717) is 18.2 Å². The van der Waals surface area contributed by atoms with Gasteiger partial charge in [0, 0.05) is 43.7 Å². The Hall–Kier alpha value is -1.96. The van der Waals surface area contributed by atoms with Crippen LogP contribution in [0, 0.1) is 0 Å². The Kier molecular flexibility index (Phi) is 7.20. The fraction of sp³-hybridized carbons (Fsp3) is 0.500. The fourth-order valence-electron chi connectivity index (χ4n) is 3.05. The molecule has 1 fully saturated rings. The summed E-state index contributed by atoms with van der Waals surface area (Å²) < 4.78 is 5.71. The van der Waals surface area contributed by atoms with Gasteiger partial charge in [0.2, 0.25) is 0 Å². The van der Waals surface area contributed by atoms with E-state index in [9.17, 15) is 4.79 Å². The van der Waals surface area contributed by atoms with E-state index in [1.54, 1.807) is 0 Å². The lowest BCUT2D eigenvalue weighted by molar-refractivity contribution is 0.0820. The van der Waals surface area contributed by atoms with Crippen molar-refractivity contribution in [2.24, 2.45) is 0 Å². The first-order chi connectivity index (χ1) is 13.1. The SMILES string of the molecule is CN(C)CCN(CC1CCCO1)C(=O)Nc1ncc(Cc2ccccc2)s1. The second kappa shape index (κ2) is 9.82. The van der Waals surface area contributed by atoms with Crippen LogP contribution in [0.5, 0.6) is 0 Å². The minimum atomic E-state index is -0.104. The third-order valence-corrected chi connectivity index (χ3v) is 5.45. The number of ether oxygens (including phenoxy) is 1. The Labute approximate surface area is 165 Å². The van der Waals surface area contributed by atoms with E-state index < -0.39 is 0 Å². The number of aromatic nitrogens is 1. The van der Waals surface area contributed by atoms with Gasteiger partial charge < -0.3 is 14.5 Å². The van der Waals surface area contributed by atoms with E-state index >= 15 is 0 Å². The lowest BCUT2D eigenvalue weighted by Crippen LogP contribution is -2.43. The zero-order valence-corrected chi connectivity index (χ0v) is 16.9. The summed E-state index contributed by atoms with van der Waals surface area (Å²) in [5, 5.41) is 3.61. The van der Waals surface area contributed by atoms with Gasteiger partial charge in [0.15, 0.2) is 5.13 Å². The van der Waals surface area contributed by atoms with Crippen molar-refractivity contribution >= 4 is 22.5 Å². The molecule has 1 saturated heterocycles. The van der Waals surface area contributed by atoms with Gasteiger partial charge >= 0.3 is 6.03 Å². The number of anilines is 1. The molecule has 1 unspecified atom stereocenters. The van der Waals surface area contributed by atoms with E-state index in [0.717, 1.165) is 37.3 Å². The minimum Gasteiger partial charge on any atom is -0.376 e. The maximum absolute atomic E-state index is 12.8. The van der Waals surface area contributed by atoms with Crippen LogP contribution in [0.25, 0.3) is 0 Å². The molecule has 0 saturated carbocycles. The van der Waals surface area contributed by atoms with Crippen molar-refractivity contribution in [1.29, 1.82) is 0 Å². The molecule has 2 heterocycles. The summed E-state index contributed by atoms with van der Waals surface area (Å²) in [6.07, 6.45) is 4.90. The van der Waals surface area contributed by atoms with Crippen LogP contribution in [0.2, 0.25) is 0 Å². The summed E-state index contributed by atoms with van der Waals surface area (Å²) in [6, 6.07) is 10.2. The highest BCUT2D eigenvalue weighted by molar-refractivity contribution is 7.15. The molecule has 0 bridgehead atoms. The van der Waals surface area contributed by atoms with Crippen molar-refractivity contribution < 1.29 is 9.53 Å². The minimum absolute atomic E-state index is 0.104. The molecular formula is C20H28N4O2S. The van der Waals surface area contributed by atoms with Crippen molar-refractivity contribution in [3.63, 3.8) is 0 Å². The molecule has 6 nitrogen and oxygen atoms in total. The lowest BCUT2D eigenvalue weighted by atomic mass is 10.1. The third-order valence-electron chi connectivity index (χ3n) is 4.54. The Morgan fingerprint density at radius 1 is 1.30 bits per heavy atom. The number of rotatable bonds is 8. The van der Waals surface area contributed by atoms with Crippen molar-refractivity contribution in [1.82, 2.24) is 14.8 Å². The number of amides is 2. The summed E-state index contributed by atoms with van der Waals surface area (Å²) in [7, 11) is 4.03. The van der Waals surface area contributed by atoms with Gasteiger partial charge in [-0.25, -0.2) is 9.78 Å². The molecule has 27 heavy (non-hydrogen) atoms. The molecule has 7 heteroatoms. The van der Waals surface area contributed by atoms with Gasteiger partial charge in [-0.3, -0.25) is 5.32 Å². The predicted molar refractivity (Wildman–Crippen MR) is 109 cm³/mol. The normalized spacial score (nSPS) is 16.6. The first kappa shape index (κ1) is 19.8. The van der Waals surface area contributed by atoms with Crippen molar-refractivity contribution in [2.75, 3.05) is 45.7 Å². The number of carbonyl (C=O) groups excluding carboxylic acids is 1. The highest BCUT2D eigenvalue weighted by atomic mass is 32.1. The molecule has 1 aliphatic rings. The molecular weight excluding hydrogens is 360 g/mol. The van der Waals surface area contributed by atoms with Crippen molar-refractivity contribution in [3.05, 3.63) is 47.0 Å².